The Labute approximate surface area is 126 Å². The first-order valence-corrected chi connectivity index (χ1v) is 8.82. The molecule has 0 amide bonds. The summed E-state index contributed by atoms with van der Waals surface area (Å²) in [5, 5.41) is 3.63. The Morgan fingerprint density at radius 2 is 1.70 bits per heavy atom. The maximum absolute atomic E-state index is 6.36. The zero-order valence-corrected chi connectivity index (χ0v) is 14.1. The van der Waals surface area contributed by atoms with E-state index in [0.717, 1.165) is 12.5 Å². The van der Waals surface area contributed by atoms with Crippen LogP contribution >= 0.6 is 0 Å². The third kappa shape index (κ3) is 3.76. The van der Waals surface area contributed by atoms with Gasteiger partial charge in [-0.15, -0.1) is 0 Å². The molecule has 0 radical (unpaired) electrons. The SMILES string of the molecule is CCOC1(C(CC2CCCC2)NC)CCC(C)(C)CC1. The van der Waals surface area contributed by atoms with Gasteiger partial charge in [0.25, 0.3) is 0 Å². The lowest BCUT2D eigenvalue weighted by atomic mass is 9.67. The molecule has 2 aliphatic rings. The first-order chi connectivity index (χ1) is 9.51. The van der Waals surface area contributed by atoms with Gasteiger partial charge in [0.1, 0.15) is 0 Å². The summed E-state index contributed by atoms with van der Waals surface area (Å²) in [6.07, 6.45) is 12.1. The molecule has 0 saturated heterocycles. The highest BCUT2D eigenvalue weighted by molar-refractivity contribution is 4.99. The number of likely N-dealkylation sites (N-methyl/N-ethyl adjacent to an activating group) is 1. The summed E-state index contributed by atoms with van der Waals surface area (Å²) >= 11 is 0. The van der Waals surface area contributed by atoms with Crippen molar-refractivity contribution < 1.29 is 4.74 Å². The van der Waals surface area contributed by atoms with Crippen LogP contribution in [0.4, 0.5) is 0 Å². The van der Waals surface area contributed by atoms with Crippen LogP contribution in [-0.4, -0.2) is 25.3 Å². The van der Waals surface area contributed by atoms with Crippen molar-refractivity contribution in [2.24, 2.45) is 11.3 Å². The molecule has 2 fully saturated rings. The second-order valence-corrected chi connectivity index (χ2v) is 7.89. The van der Waals surface area contributed by atoms with Crippen molar-refractivity contribution in [2.75, 3.05) is 13.7 Å². The molecule has 0 spiro atoms. The van der Waals surface area contributed by atoms with Crippen molar-refractivity contribution in [3.05, 3.63) is 0 Å². The second kappa shape index (κ2) is 6.79. The summed E-state index contributed by atoms with van der Waals surface area (Å²) in [4.78, 5) is 0. The summed E-state index contributed by atoms with van der Waals surface area (Å²) in [5.74, 6) is 0.930. The smallest absolute Gasteiger partial charge is 0.0834 e. The van der Waals surface area contributed by atoms with Crippen LogP contribution in [-0.2, 0) is 4.74 Å². The highest BCUT2D eigenvalue weighted by Gasteiger charge is 2.44. The molecule has 1 atom stereocenters. The van der Waals surface area contributed by atoms with Crippen molar-refractivity contribution in [3.8, 4) is 0 Å². The van der Waals surface area contributed by atoms with Crippen LogP contribution in [0.3, 0.4) is 0 Å². The molecule has 118 valence electrons. The fourth-order valence-electron chi connectivity index (χ4n) is 4.41. The Morgan fingerprint density at radius 3 is 2.20 bits per heavy atom. The fraction of sp³-hybridized carbons (Fsp3) is 1.00. The van der Waals surface area contributed by atoms with Gasteiger partial charge in [0.15, 0.2) is 0 Å². The van der Waals surface area contributed by atoms with Gasteiger partial charge in [-0.1, -0.05) is 39.5 Å². The van der Waals surface area contributed by atoms with Crippen molar-refractivity contribution in [1.82, 2.24) is 5.32 Å². The van der Waals surface area contributed by atoms with Gasteiger partial charge in [0.2, 0.25) is 0 Å². The van der Waals surface area contributed by atoms with Crippen molar-refractivity contribution in [1.29, 1.82) is 0 Å². The van der Waals surface area contributed by atoms with Crippen LogP contribution in [0.25, 0.3) is 0 Å². The van der Waals surface area contributed by atoms with E-state index in [0.29, 0.717) is 11.5 Å². The van der Waals surface area contributed by atoms with Crippen LogP contribution < -0.4 is 5.32 Å². The van der Waals surface area contributed by atoms with E-state index in [1.807, 2.05) is 0 Å². The molecule has 0 aromatic rings. The van der Waals surface area contributed by atoms with E-state index in [1.54, 1.807) is 0 Å². The maximum Gasteiger partial charge on any atom is 0.0834 e. The zero-order valence-electron chi connectivity index (χ0n) is 14.1. The topological polar surface area (TPSA) is 21.3 Å². The van der Waals surface area contributed by atoms with Gasteiger partial charge in [-0.2, -0.15) is 0 Å². The van der Waals surface area contributed by atoms with Crippen molar-refractivity contribution in [2.45, 2.75) is 90.2 Å². The maximum atomic E-state index is 6.36. The number of nitrogens with one attached hydrogen (secondary N) is 1. The summed E-state index contributed by atoms with van der Waals surface area (Å²) in [6.45, 7) is 7.83. The van der Waals surface area contributed by atoms with E-state index < -0.39 is 0 Å². The highest BCUT2D eigenvalue weighted by atomic mass is 16.5. The standard InChI is InChI=1S/C18H35NO/c1-5-20-18(12-10-17(2,3)11-13-18)16(19-4)14-15-8-6-7-9-15/h15-16,19H,5-14H2,1-4H3. The minimum Gasteiger partial charge on any atom is -0.374 e. The largest absolute Gasteiger partial charge is 0.374 e. The third-order valence-corrected chi connectivity index (χ3v) is 5.91. The Kier molecular flexibility index (Phi) is 5.53. The van der Waals surface area contributed by atoms with Gasteiger partial charge in [0, 0.05) is 12.6 Å². The highest BCUT2D eigenvalue weighted by Crippen LogP contribution is 2.45. The molecule has 2 heteroatoms. The number of rotatable bonds is 6. The van der Waals surface area contributed by atoms with Crippen LogP contribution in [0.15, 0.2) is 0 Å². The van der Waals surface area contributed by atoms with Crippen LogP contribution in [0.2, 0.25) is 0 Å². The van der Waals surface area contributed by atoms with E-state index in [1.165, 1.54) is 57.8 Å². The molecule has 0 aromatic carbocycles. The Balaban J connectivity index is 2.04. The average molecular weight is 281 g/mol. The monoisotopic (exact) mass is 281 g/mol. The van der Waals surface area contributed by atoms with Gasteiger partial charge in [-0.25, -0.2) is 0 Å². The summed E-state index contributed by atoms with van der Waals surface area (Å²) in [7, 11) is 2.14. The normalized spacial score (nSPS) is 27.6. The van der Waals surface area contributed by atoms with Gasteiger partial charge in [-0.05, 0) is 57.4 Å². The van der Waals surface area contributed by atoms with E-state index >= 15 is 0 Å². The van der Waals surface area contributed by atoms with Gasteiger partial charge >= 0.3 is 0 Å². The van der Waals surface area contributed by atoms with Gasteiger partial charge in [-0.3, -0.25) is 0 Å². The quantitative estimate of drug-likeness (QED) is 0.772. The summed E-state index contributed by atoms with van der Waals surface area (Å²) in [6, 6.07) is 0.543. The summed E-state index contributed by atoms with van der Waals surface area (Å²) < 4.78 is 6.36. The fourth-order valence-corrected chi connectivity index (χ4v) is 4.41. The lowest BCUT2D eigenvalue weighted by Gasteiger charge is -2.48. The first kappa shape index (κ1) is 16.3. The Bertz CT molecular complexity index is 284. The average Bonchev–Trinajstić information content (AvgIpc) is 2.92. The van der Waals surface area contributed by atoms with Crippen LogP contribution in [0.5, 0.6) is 0 Å². The zero-order chi connectivity index (χ0) is 14.6. The Morgan fingerprint density at radius 1 is 1.10 bits per heavy atom. The lowest BCUT2D eigenvalue weighted by molar-refractivity contribution is -0.109. The van der Waals surface area contributed by atoms with Gasteiger partial charge in [0.05, 0.1) is 5.60 Å². The molecule has 2 saturated carbocycles. The predicted molar refractivity (Wildman–Crippen MR) is 86.0 cm³/mol. The molecular formula is C18H35NO. The number of hydrogen-bond donors (Lipinski definition) is 1. The minimum absolute atomic E-state index is 0.0988. The molecule has 0 aliphatic heterocycles. The second-order valence-electron chi connectivity index (χ2n) is 7.89. The molecule has 2 aliphatic carbocycles. The summed E-state index contributed by atoms with van der Waals surface area (Å²) in [5.41, 5.74) is 0.605. The van der Waals surface area contributed by atoms with Crippen molar-refractivity contribution in [3.63, 3.8) is 0 Å². The van der Waals surface area contributed by atoms with Crippen molar-refractivity contribution >= 4 is 0 Å². The molecule has 2 nitrogen and oxygen atoms in total. The van der Waals surface area contributed by atoms with E-state index in [4.69, 9.17) is 4.74 Å². The number of hydrogen-bond acceptors (Lipinski definition) is 2. The molecule has 2 rings (SSSR count). The molecule has 1 N–H and O–H groups in total. The van der Waals surface area contributed by atoms with E-state index in [2.05, 4.69) is 33.1 Å². The van der Waals surface area contributed by atoms with Gasteiger partial charge < -0.3 is 10.1 Å². The first-order valence-electron chi connectivity index (χ1n) is 8.82. The van der Waals surface area contributed by atoms with E-state index in [9.17, 15) is 0 Å². The van der Waals surface area contributed by atoms with Crippen LogP contribution in [0.1, 0.15) is 78.6 Å². The Hall–Kier alpha value is -0.0800. The van der Waals surface area contributed by atoms with E-state index in [-0.39, 0.29) is 5.60 Å². The number of ether oxygens (including phenoxy) is 1. The molecule has 0 heterocycles. The molecule has 1 unspecified atom stereocenters. The lowest BCUT2D eigenvalue weighted by Crippen LogP contribution is -2.55. The third-order valence-electron chi connectivity index (χ3n) is 5.91. The molecular weight excluding hydrogens is 246 g/mol. The minimum atomic E-state index is 0.0988. The molecule has 0 aromatic heterocycles. The van der Waals surface area contributed by atoms with Crippen LogP contribution in [0, 0.1) is 11.3 Å². The molecule has 20 heavy (non-hydrogen) atoms. The molecule has 0 bridgehead atoms. The predicted octanol–water partition coefficient (Wildman–Crippen LogP) is 4.53.